The lowest BCUT2D eigenvalue weighted by Crippen LogP contribution is -2.08. The number of halogens is 1. The molecule has 5 nitrogen and oxygen atoms in total. The standard InChI is InChI=1S/C15H21ClN4O/c1-14(2)9(15(14,3)4)7-20-10(6-16)19-11-12(20)17-8-18-13(11)21-5/h8-9H,6-7H2,1-5H3. The van der Waals surface area contributed by atoms with Crippen molar-refractivity contribution in [1.82, 2.24) is 19.5 Å². The van der Waals surface area contributed by atoms with Crippen LogP contribution in [0.2, 0.25) is 0 Å². The first-order chi connectivity index (χ1) is 9.84. The van der Waals surface area contributed by atoms with Gasteiger partial charge >= 0.3 is 0 Å². The van der Waals surface area contributed by atoms with Crippen molar-refractivity contribution in [1.29, 1.82) is 0 Å². The van der Waals surface area contributed by atoms with Gasteiger partial charge in [0.25, 0.3) is 0 Å². The van der Waals surface area contributed by atoms with Crippen molar-refractivity contribution in [2.45, 2.75) is 40.1 Å². The van der Waals surface area contributed by atoms with Crippen LogP contribution in [0.4, 0.5) is 0 Å². The van der Waals surface area contributed by atoms with Crippen molar-refractivity contribution in [3.8, 4) is 5.88 Å². The number of imidazole rings is 1. The van der Waals surface area contributed by atoms with Crippen molar-refractivity contribution in [2.24, 2.45) is 16.7 Å². The number of alkyl halides is 1. The molecule has 0 aromatic carbocycles. The molecule has 0 atom stereocenters. The number of rotatable bonds is 4. The van der Waals surface area contributed by atoms with E-state index >= 15 is 0 Å². The second kappa shape index (κ2) is 4.57. The predicted octanol–water partition coefficient (Wildman–Crippen LogP) is 3.26. The van der Waals surface area contributed by atoms with Gasteiger partial charge in [-0.15, -0.1) is 11.6 Å². The lowest BCUT2D eigenvalue weighted by molar-refractivity contribution is 0.401. The minimum absolute atomic E-state index is 0.310. The summed E-state index contributed by atoms with van der Waals surface area (Å²) < 4.78 is 7.39. The maximum atomic E-state index is 6.07. The number of ether oxygens (including phenoxy) is 1. The van der Waals surface area contributed by atoms with E-state index in [1.807, 2.05) is 0 Å². The van der Waals surface area contributed by atoms with Crippen LogP contribution in [0.25, 0.3) is 11.2 Å². The second-order valence-electron chi connectivity index (χ2n) is 6.82. The minimum atomic E-state index is 0.310. The van der Waals surface area contributed by atoms with E-state index in [0.717, 1.165) is 18.0 Å². The molecular formula is C15H21ClN4O. The molecule has 0 unspecified atom stereocenters. The predicted molar refractivity (Wildman–Crippen MR) is 82.5 cm³/mol. The molecule has 6 heteroatoms. The van der Waals surface area contributed by atoms with E-state index in [0.29, 0.717) is 34.0 Å². The number of hydrogen-bond donors (Lipinski definition) is 0. The highest BCUT2D eigenvalue weighted by molar-refractivity contribution is 6.16. The third-order valence-corrected chi connectivity index (χ3v) is 5.81. The van der Waals surface area contributed by atoms with Gasteiger partial charge in [-0.05, 0) is 16.7 Å². The summed E-state index contributed by atoms with van der Waals surface area (Å²) >= 11 is 6.07. The van der Waals surface area contributed by atoms with E-state index in [9.17, 15) is 0 Å². The summed E-state index contributed by atoms with van der Waals surface area (Å²) in [5.74, 6) is 2.25. The molecule has 0 N–H and O–H groups in total. The van der Waals surface area contributed by atoms with E-state index in [2.05, 4.69) is 47.2 Å². The van der Waals surface area contributed by atoms with Crippen LogP contribution in [0.5, 0.6) is 5.88 Å². The highest BCUT2D eigenvalue weighted by Crippen LogP contribution is 2.69. The van der Waals surface area contributed by atoms with Crippen LogP contribution in [0, 0.1) is 16.7 Å². The number of aromatic nitrogens is 4. The molecule has 2 heterocycles. The topological polar surface area (TPSA) is 52.8 Å². The molecule has 1 aliphatic rings. The zero-order chi connectivity index (χ0) is 15.4. The van der Waals surface area contributed by atoms with Crippen molar-refractivity contribution in [3.63, 3.8) is 0 Å². The highest BCUT2D eigenvalue weighted by atomic mass is 35.5. The van der Waals surface area contributed by atoms with Gasteiger partial charge in [0.05, 0.1) is 13.0 Å². The summed E-state index contributed by atoms with van der Waals surface area (Å²) in [6.45, 7) is 10.1. The Morgan fingerprint density at radius 3 is 2.43 bits per heavy atom. The first kappa shape index (κ1) is 14.6. The summed E-state index contributed by atoms with van der Waals surface area (Å²) in [6, 6.07) is 0. The molecule has 1 saturated carbocycles. The van der Waals surface area contributed by atoms with Gasteiger partial charge in [-0.25, -0.2) is 9.97 Å². The van der Waals surface area contributed by atoms with E-state index in [1.54, 1.807) is 7.11 Å². The normalized spacial score (nSPS) is 19.9. The molecule has 1 fully saturated rings. The van der Waals surface area contributed by atoms with Crippen LogP contribution in [0.15, 0.2) is 6.33 Å². The Hall–Kier alpha value is -1.36. The molecule has 2 aromatic heterocycles. The monoisotopic (exact) mass is 308 g/mol. The van der Waals surface area contributed by atoms with E-state index in [4.69, 9.17) is 16.3 Å². The summed E-state index contributed by atoms with van der Waals surface area (Å²) in [7, 11) is 1.59. The Morgan fingerprint density at radius 1 is 1.24 bits per heavy atom. The fraction of sp³-hybridized carbons (Fsp3) is 0.667. The molecular weight excluding hydrogens is 288 g/mol. The maximum absolute atomic E-state index is 6.07. The van der Waals surface area contributed by atoms with E-state index in [1.165, 1.54) is 6.33 Å². The zero-order valence-electron chi connectivity index (χ0n) is 13.1. The Balaban J connectivity index is 2.06. The number of nitrogens with zero attached hydrogens (tertiary/aromatic N) is 4. The van der Waals surface area contributed by atoms with Crippen molar-refractivity contribution < 1.29 is 4.74 Å². The third kappa shape index (κ3) is 1.94. The fourth-order valence-corrected chi connectivity index (χ4v) is 3.58. The molecule has 2 aromatic rings. The van der Waals surface area contributed by atoms with Gasteiger partial charge in [-0.3, -0.25) is 0 Å². The summed E-state index contributed by atoms with van der Waals surface area (Å²) in [5, 5.41) is 0. The molecule has 1 aliphatic carbocycles. The number of fused-ring (bicyclic) bond motifs is 1. The Labute approximate surface area is 129 Å². The van der Waals surface area contributed by atoms with Gasteiger partial charge in [0.1, 0.15) is 12.2 Å². The van der Waals surface area contributed by atoms with Crippen LogP contribution >= 0.6 is 11.6 Å². The molecule has 0 bridgehead atoms. The van der Waals surface area contributed by atoms with Crippen LogP contribution in [0.1, 0.15) is 33.5 Å². The first-order valence-electron chi connectivity index (χ1n) is 7.14. The molecule has 0 spiro atoms. The quantitative estimate of drug-likeness (QED) is 0.814. The lowest BCUT2D eigenvalue weighted by atomic mass is 10.0. The first-order valence-corrected chi connectivity index (χ1v) is 7.68. The van der Waals surface area contributed by atoms with Gasteiger partial charge in [0.15, 0.2) is 11.2 Å². The zero-order valence-corrected chi connectivity index (χ0v) is 13.9. The number of hydrogen-bond acceptors (Lipinski definition) is 4. The molecule has 0 amide bonds. The van der Waals surface area contributed by atoms with Gasteiger partial charge in [0.2, 0.25) is 5.88 Å². The van der Waals surface area contributed by atoms with Gasteiger partial charge in [-0.2, -0.15) is 4.98 Å². The smallest absolute Gasteiger partial charge is 0.245 e. The Bertz CT molecular complexity index is 678. The van der Waals surface area contributed by atoms with E-state index in [-0.39, 0.29) is 0 Å². The van der Waals surface area contributed by atoms with E-state index < -0.39 is 0 Å². The summed E-state index contributed by atoms with van der Waals surface area (Å²) in [5.41, 5.74) is 2.11. The van der Waals surface area contributed by atoms with Crippen LogP contribution in [0.3, 0.4) is 0 Å². The molecule has 0 radical (unpaired) electrons. The molecule has 0 aliphatic heterocycles. The minimum Gasteiger partial charge on any atom is -0.479 e. The second-order valence-corrected chi connectivity index (χ2v) is 7.09. The maximum Gasteiger partial charge on any atom is 0.245 e. The fourth-order valence-electron chi connectivity index (χ4n) is 3.38. The summed E-state index contributed by atoms with van der Waals surface area (Å²) in [6.07, 6.45) is 1.51. The van der Waals surface area contributed by atoms with Gasteiger partial charge in [-0.1, -0.05) is 27.7 Å². The SMILES string of the molecule is COc1ncnc2c1nc(CCl)n2CC1C(C)(C)C1(C)C. The molecule has 21 heavy (non-hydrogen) atoms. The number of methoxy groups -OCH3 is 1. The van der Waals surface area contributed by atoms with Crippen LogP contribution in [-0.2, 0) is 12.4 Å². The third-order valence-electron chi connectivity index (χ3n) is 5.58. The van der Waals surface area contributed by atoms with Gasteiger partial charge < -0.3 is 9.30 Å². The largest absolute Gasteiger partial charge is 0.479 e. The van der Waals surface area contributed by atoms with Crippen molar-refractivity contribution in [2.75, 3.05) is 7.11 Å². The molecule has 3 rings (SSSR count). The molecule has 114 valence electrons. The van der Waals surface area contributed by atoms with Crippen LogP contribution in [-0.4, -0.2) is 26.6 Å². The Kier molecular flexibility index (Phi) is 3.17. The van der Waals surface area contributed by atoms with Crippen LogP contribution < -0.4 is 4.74 Å². The highest BCUT2D eigenvalue weighted by Gasteiger charge is 2.64. The van der Waals surface area contributed by atoms with Crippen molar-refractivity contribution in [3.05, 3.63) is 12.2 Å². The average Bonchev–Trinajstić information content (AvgIpc) is 2.76. The molecule has 0 saturated heterocycles. The lowest BCUT2D eigenvalue weighted by Gasteiger charge is -2.08. The van der Waals surface area contributed by atoms with Gasteiger partial charge in [0, 0.05) is 6.54 Å². The average molecular weight is 309 g/mol. The summed E-state index contributed by atoms with van der Waals surface area (Å²) in [4.78, 5) is 13.1. The van der Waals surface area contributed by atoms with Crippen molar-refractivity contribution >= 4 is 22.8 Å². The Morgan fingerprint density at radius 2 is 1.90 bits per heavy atom.